The Morgan fingerprint density at radius 2 is 1.90 bits per heavy atom. The Morgan fingerprint density at radius 3 is 2.60 bits per heavy atom. The standard InChI is InChI=1S/C14H16ClN3OS/c15-12-6-4-11(5-7-12)13-16-18(14(20)19-13)10-17-8-2-1-3-9-17/h4-7H,1-3,8-10H2/p+1. The third-order valence-corrected chi connectivity index (χ3v) is 4.18. The Kier molecular flexibility index (Phi) is 4.19. The molecule has 0 saturated carbocycles. The fourth-order valence-electron chi connectivity index (χ4n) is 2.54. The third kappa shape index (κ3) is 3.11. The second-order valence-electron chi connectivity index (χ2n) is 5.15. The minimum atomic E-state index is 0.438. The number of benzene rings is 1. The van der Waals surface area contributed by atoms with Crippen LogP contribution in [0.1, 0.15) is 19.3 Å². The SMILES string of the molecule is S=c1oc(-c2ccc(Cl)cc2)nn1C[NH+]1CCCCC1. The molecule has 1 N–H and O–H groups in total. The predicted octanol–water partition coefficient (Wildman–Crippen LogP) is 2.55. The molecule has 0 atom stereocenters. The van der Waals surface area contributed by atoms with Crippen LogP contribution in [0.4, 0.5) is 0 Å². The van der Waals surface area contributed by atoms with Crippen LogP contribution in [-0.4, -0.2) is 22.9 Å². The van der Waals surface area contributed by atoms with E-state index in [1.807, 2.05) is 24.3 Å². The molecule has 2 heterocycles. The summed E-state index contributed by atoms with van der Waals surface area (Å²) in [5, 5.41) is 5.18. The molecule has 0 spiro atoms. The lowest BCUT2D eigenvalue weighted by molar-refractivity contribution is -0.928. The average Bonchev–Trinajstić information content (AvgIpc) is 2.82. The number of halogens is 1. The van der Waals surface area contributed by atoms with Gasteiger partial charge in [0.2, 0.25) is 5.89 Å². The molecule has 1 aliphatic heterocycles. The normalized spacial score (nSPS) is 16.4. The second-order valence-corrected chi connectivity index (χ2v) is 5.93. The fraction of sp³-hybridized carbons (Fsp3) is 0.429. The maximum atomic E-state index is 5.88. The molecule has 6 heteroatoms. The lowest BCUT2D eigenvalue weighted by Gasteiger charge is -2.22. The Labute approximate surface area is 128 Å². The van der Waals surface area contributed by atoms with Crippen LogP contribution in [0.3, 0.4) is 0 Å². The first kappa shape index (κ1) is 13.8. The van der Waals surface area contributed by atoms with Gasteiger partial charge in [0.05, 0.1) is 13.1 Å². The van der Waals surface area contributed by atoms with Gasteiger partial charge in [-0.2, -0.15) is 4.68 Å². The number of nitrogens with zero attached hydrogens (tertiary/aromatic N) is 2. The summed E-state index contributed by atoms with van der Waals surface area (Å²) in [5.41, 5.74) is 0.896. The van der Waals surface area contributed by atoms with Gasteiger partial charge in [0.25, 0.3) is 4.84 Å². The van der Waals surface area contributed by atoms with E-state index in [-0.39, 0.29) is 0 Å². The molecule has 20 heavy (non-hydrogen) atoms. The zero-order valence-electron chi connectivity index (χ0n) is 11.1. The number of quaternary nitrogens is 1. The molecular weight excluding hydrogens is 294 g/mol. The number of likely N-dealkylation sites (tertiary alicyclic amines) is 1. The lowest BCUT2D eigenvalue weighted by atomic mass is 10.1. The van der Waals surface area contributed by atoms with Crippen LogP contribution in [0.5, 0.6) is 0 Å². The van der Waals surface area contributed by atoms with Crippen LogP contribution in [0.15, 0.2) is 28.7 Å². The molecule has 106 valence electrons. The van der Waals surface area contributed by atoms with E-state index in [0.29, 0.717) is 15.8 Å². The van der Waals surface area contributed by atoms with Gasteiger partial charge < -0.3 is 9.32 Å². The Hall–Kier alpha value is -1.17. The topological polar surface area (TPSA) is 35.4 Å². The Balaban J connectivity index is 1.79. The molecule has 0 aliphatic carbocycles. The van der Waals surface area contributed by atoms with Crippen LogP contribution in [0, 0.1) is 4.84 Å². The van der Waals surface area contributed by atoms with Gasteiger partial charge in [0.1, 0.15) is 0 Å². The highest BCUT2D eigenvalue weighted by Crippen LogP contribution is 2.19. The minimum Gasteiger partial charge on any atom is -0.409 e. The van der Waals surface area contributed by atoms with Gasteiger partial charge in [-0.05, 0) is 55.7 Å². The molecule has 4 nitrogen and oxygen atoms in total. The number of piperidine rings is 1. The van der Waals surface area contributed by atoms with Gasteiger partial charge in [0.15, 0.2) is 6.67 Å². The smallest absolute Gasteiger partial charge is 0.292 e. The van der Waals surface area contributed by atoms with E-state index in [1.165, 1.54) is 37.3 Å². The predicted molar refractivity (Wildman–Crippen MR) is 80.3 cm³/mol. The summed E-state index contributed by atoms with van der Waals surface area (Å²) in [5.74, 6) is 0.558. The first-order chi connectivity index (χ1) is 9.72. The van der Waals surface area contributed by atoms with Crippen molar-refractivity contribution in [1.29, 1.82) is 0 Å². The van der Waals surface area contributed by atoms with Gasteiger partial charge in [-0.15, -0.1) is 5.10 Å². The quantitative estimate of drug-likeness (QED) is 0.885. The molecule has 0 bridgehead atoms. The molecule has 0 unspecified atom stereocenters. The van der Waals surface area contributed by atoms with E-state index >= 15 is 0 Å². The molecule has 0 radical (unpaired) electrons. The van der Waals surface area contributed by atoms with Crippen molar-refractivity contribution in [2.24, 2.45) is 0 Å². The second kappa shape index (κ2) is 6.08. The summed E-state index contributed by atoms with van der Waals surface area (Å²) in [6, 6.07) is 7.43. The molecule has 1 fully saturated rings. The summed E-state index contributed by atoms with van der Waals surface area (Å²) < 4.78 is 7.38. The van der Waals surface area contributed by atoms with Crippen LogP contribution in [-0.2, 0) is 6.67 Å². The largest absolute Gasteiger partial charge is 0.409 e. The first-order valence-electron chi connectivity index (χ1n) is 6.90. The van der Waals surface area contributed by atoms with Crippen LogP contribution < -0.4 is 4.90 Å². The summed E-state index contributed by atoms with van der Waals surface area (Å²) in [7, 11) is 0. The average molecular weight is 311 g/mol. The van der Waals surface area contributed by atoms with E-state index in [9.17, 15) is 0 Å². The van der Waals surface area contributed by atoms with Crippen LogP contribution in [0.25, 0.3) is 11.5 Å². The van der Waals surface area contributed by atoms with Crippen molar-refractivity contribution in [3.63, 3.8) is 0 Å². The zero-order valence-corrected chi connectivity index (χ0v) is 12.7. The van der Waals surface area contributed by atoms with Gasteiger partial charge in [-0.1, -0.05) is 11.6 Å². The minimum absolute atomic E-state index is 0.438. The molecule has 0 amide bonds. The zero-order chi connectivity index (χ0) is 13.9. The van der Waals surface area contributed by atoms with Crippen molar-refractivity contribution in [2.75, 3.05) is 13.1 Å². The maximum Gasteiger partial charge on any atom is 0.292 e. The summed E-state index contributed by atoms with van der Waals surface area (Å²) in [6.45, 7) is 3.16. The Morgan fingerprint density at radius 1 is 1.20 bits per heavy atom. The molecule has 1 saturated heterocycles. The van der Waals surface area contributed by atoms with E-state index in [1.54, 1.807) is 4.68 Å². The van der Waals surface area contributed by atoms with Crippen molar-refractivity contribution in [2.45, 2.75) is 25.9 Å². The van der Waals surface area contributed by atoms with Crippen molar-refractivity contribution in [3.05, 3.63) is 34.1 Å². The lowest BCUT2D eigenvalue weighted by Crippen LogP contribution is -3.12. The van der Waals surface area contributed by atoms with E-state index in [4.69, 9.17) is 28.2 Å². The monoisotopic (exact) mass is 310 g/mol. The van der Waals surface area contributed by atoms with Crippen molar-refractivity contribution < 1.29 is 9.32 Å². The molecule has 1 aromatic carbocycles. The molecule has 1 aromatic heterocycles. The van der Waals surface area contributed by atoms with Crippen molar-refractivity contribution in [1.82, 2.24) is 9.78 Å². The molecule has 2 aromatic rings. The number of hydrogen-bond donors (Lipinski definition) is 1. The van der Waals surface area contributed by atoms with Crippen molar-refractivity contribution >= 4 is 23.8 Å². The fourth-order valence-corrected chi connectivity index (χ4v) is 2.85. The van der Waals surface area contributed by atoms with E-state index < -0.39 is 0 Å². The number of nitrogens with one attached hydrogen (secondary N) is 1. The van der Waals surface area contributed by atoms with E-state index in [2.05, 4.69) is 5.10 Å². The third-order valence-electron chi connectivity index (χ3n) is 3.63. The summed E-state index contributed by atoms with van der Waals surface area (Å²) in [6.07, 6.45) is 3.90. The first-order valence-corrected chi connectivity index (χ1v) is 7.68. The number of rotatable bonds is 3. The number of aromatic nitrogens is 2. The molecular formula is C14H17ClN3OS+. The van der Waals surface area contributed by atoms with Crippen molar-refractivity contribution in [3.8, 4) is 11.5 Å². The maximum absolute atomic E-state index is 5.88. The van der Waals surface area contributed by atoms with Crippen LogP contribution >= 0.6 is 23.8 Å². The van der Waals surface area contributed by atoms with E-state index in [0.717, 1.165) is 12.2 Å². The summed E-state index contributed by atoms with van der Waals surface area (Å²) >= 11 is 11.1. The number of hydrogen-bond acceptors (Lipinski definition) is 3. The van der Waals surface area contributed by atoms with Crippen LogP contribution in [0.2, 0.25) is 5.02 Å². The Bertz CT molecular complexity index is 629. The molecule has 1 aliphatic rings. The van der Waals surface area contributed by atoms with Gasteiger partial charge >= 0.3 is 0 Å². The summed E-state index contributed by atoms with van der Waals surface area (Å²) in [4.78, 5) is 1.95. The molecule has 3 rings (SSSR count). The highest BCUT2D eigenvalue weighted by Gasteiger charge is 2.16. The van der Waals surface area contributed by atoms with Gasteiger partial charge in [0, 0.05) is 10.6 Å². The highest BCUT2D eigenvalue weighted by atomic mass is 35.5. The van der Waals surface area contributed by atoms with Gasteiger partial charge in [-0.25, -0.2) is 0 Å². The highest BCUT2D eigenvalue weighted by molar-refractivity contribution is 7.71. The van der Waals surface area contributed by atoms with Gasteiger partial charge in [-0.3, -0.25) is 0 Å².